The zero-order valence-corrected chi connectivity index (χ0v) is 9.86. The van der Waals surface area contributed by atoms with E-state index in [0.717, 1.165) is 12.7 Å². The van der Waals surface area contributed by atoms with Crippen molar-refractivity contribution in [3.63, 3.8) is 0 Å². The molecule has 1 unspecified atom stereocenters. The van der Waals surface area contributed by atoms with Gasteiger partial charge in [-0.3, -0.25) is 0 Å². The van der Waals surface area contributed by atoms with Gasteiger partial charge in [0.25, 0.3) is 0 Å². The fourth-order valence-electron chi connectivity index (χ4n) is 2.08. The Kier molecular flexibility index (Phi) is 4.54. The van der Waals surface area contributed by atoms with Gasteiger partial charge in [-0.2, -0.15) is 0 Å². The summed E-state index contributed by atoms with van der Waals surface area (Å²) < 4.78 is 0. The minimum absolute atomic E-state index is 0.392. The van der Waals surface area contributed by atoms with Crippen LogP contribution in [0.15, 0.2) is 24.3 Å². The highest BCUT2D eigenvalue weighted by molar-refractivity contribution is 5.52. The number of aldehydes is 1. The molecule has 0 heterocycles. The highest BCUT2D eigenvalue weighted by Crippen LogP contribution is 2.28. The largest absolute Gasteiger partial charge is 0.303 e. The Morgan fingerprint density at radius 3 is 2.47 bits per heavy atom. The minimum Gasteiger partial charge on any atom is -0.303 e. The number of aryl methyl sites for hydroxylation is 1. The van der Waals surface area contributed by atoms with Crippen LogP contribution in [0, 0.1) is 12.8 Å². The molecule has 0 fully saturated rings. The van der Waals surface area contributed by atoms with Gasteiger partial charge in [0, 0.05) is 6.42 Å². The second-order valence-electron chi connectivity index (χ2n) is 4.59. The van der Waals surface area contributed by atoms with Crippen LogP contribution in [-0.4, -0.2) is 6.29 Å². The predicted molar refractivity (Wildman–Crippen MR) is 64.1 cm³/mol. The van der Waals surface area contributed by atoms with Gasteiger partial charge in [0.05, 0.1) is 0 Å². The summed E-state index contributed by atoms with van der Waals surface area (Å²) in [5.41, 5.74) is 2.63. The summed E-state index contributed by atoms with van der Waals surface area (Å²) in [4.78, 5) is 10.7. The second-order valence-corrected chi connectivity index (χ2v) is 4.59. The monoisotopic (exact) mass is 204 g/mol. The summed E-state index contributed by atoms with van der Waals surface area (Å²) in [5, 5.41) is 0. The molecule has 0 aliphatic heterocycles. The summed E-state index contributed by atoms with van der Waals surface area (Å²) >= 11 is 0. The van der Waals surface area contributed by atoms with Gasteiger partial charge in [-0.1, -0.05) is 38.1 Å². The zero-order chi connectivity index (χ0) is 11.3. The minimum atomic E-state index is 0.392. The fourth-order valence-corrected chi connectivity index (χ4v) is 2.08. The van der Waals surface area contributed by atoms with Crippen LogP contribution in [0.25, 0.3) is 0 Å². The third kappa shape index (κ3) is 3.50. The zero-order valence-electron chi connectivity index (χ0n) is 9.86. The summed E-state index contributed by atoms with van der Waals surface area (Å²) in [6.07, 6.45) is 2.77. The molecule has 0 aliphatic rings. The van der Waals surface area contributed by atoms with E-state index in [1.807, 2.05) is 6.07 Å². The van der Waals surface area contributed by atoms with Crippen molar-refractivity contribution < 1.29 is 4.79 Å². The van der Waals surface area contributed by atoms with Gasteiger partial charge in [-0.25, -0.2) is 0 Å². The number of carbonyl (C=O) groups is 1. The van der Waals surface area contributed by atoms with Crippen molar-refractivity contribution in [2.24, 2.45) is 5.92 Å². The number of rotatable bonds is 5. The van der Waals surface area contributed by atoms with Crippen LogP contribution in [-0.2, 0) is 4.79 Å². The Labute approximate surface area is 92.5 Å². The first-order valence-electron chi connectivity index (χ1n) is 5.64. The average molecular weight is 204 g/mol. The van der Waals surface area contributed by atoms with Crippen molar-refractivity contribution in [1.82, 2.24) is 0 Å². The maximum Gasteiger partial charge on any atom is 0.120 e. The van der Waals surface area contributed by atoms with Crippen LogP contribution >= 0.6 is 0 Å². The van der Waals surface area contributed by atoms with Crippen LogP contribution in [0.5, 0.6) is 0 Å². The summed E-state index contributed by atoms with van der Waals surface area (Å²) in [6, 6.07) is 8.37. The molecule has 0 bridgehead atoms. The maximum atomic E-state index is 10.7. The normalized spacial score (nSPS) is 12.8. The van der Waals surface area contributed by atoms with Gasteiger partial charge in [0.2, 0.25) is 0 Å². The molecule has 15 heavy (non-hydrogen) atoms. The molecule has 1 rings (SSSR count). The van der Waals surface area contributed by atoms with E-state index in [9.17, 15) is 4.79 Å². The van der Waals surface area contributed by atoms with E-state index in [2.05, 4.69) is 39.0 Å². The number of hydrogen-bond acceptors (Lipinski definition) is 1. The summed E-state index contributed by atoms with van der Waals surface area (Å²) in [5.74, 6) is 1.03. The Morgan fingerprint density at radius 1 is 1.27 bits per heavy atom. The van der Waals surface area contributed by atoms with Crippen LogP contribution in [0.2, 0.25) is 0 Å². The number of hydrogen-bond donors (Lipinski definition) is 0. The Balaban J connectivity index is 2.88. The molecule has 82 valence electrons. The van der Waals surface area contributed by atoms with E-state index < -0.39 is 0 Å². The van der Waals surface area contributed by atoms with Crippen molar-refractivity contribution in [2.45, 2.75) is 39.5 Å². The quantitative estimate of drug-likeness (QED) is 0.668. The molecule has 0 radical (unpaired) electrons. The first kappa shape index (κ1) is 12.0. The van der Waals surface area contributed by atoms with Crippen molar-refractivity contribution in [2.75, 3.05) is 0 Å². The van der Waals surface area contributed by atoms with Gasteiger partial charge in [0.1, 0.15) is 6.29 Å². The fraction of sp³-hybridized carbons (Fsp3) is 0.500. The second kappa shape index (κ2) is 5.69. The standard InChI is InChI=1S/C14H20O/c1-11(2)10-13(8-9-15)14-7-5-4-6-12(14)3/h4-7,9,11,13H,8,10H2,1-3H3. The third-order valence-corrected chi connectivity index (χ3v) is 2.76. The maximum absolute atomic E-state index is 10.7. The van der Waals surface area contributed by atoms with Gasteiger partial charge in [0.15, 0.2) is 0 Å². The molecule has 0 saturated heterocycles. The molecule has 1 atom stereocenters. The van der Waals surface area contributed by atoms with E-state index in [1.54, 1.807) is 0 Å². The predicted octanol–water partition coefficient (Wildman–Crippen LogP) is 3.71. The lowest BCUT2D eigenvalue weighted by molar-refractivity contribution is -0.108. The highest BCUT2D eigenvalue weighted by Gasteiger charge is 2.14. The molecule has 1 nitrogen and oxygen atoms in total. The van der Waals surface area contributed by atoms with Gasteiger partial charge < -0.3 is 4.79 Å². The molecular formula is C14H20O. The first-order chi connectivity index (χ1) is 7.15. The van der Waals surface area contributed by atoms with Gasteiger partial charge in [-0.15, -0.1) is 0 Å². The van der Waals surface area contributed by atoms with E-state index in [0.29, 0.717) is 18.3 Å². The van der Waals surface area contributed by atoms with Crippen molar-refractivity contribution in [3.05, 3.63) is 35.4 Å². The van der Waals surface area contributed by atoms with E-state index >= 15 is 0 Å². The van der Waals surface area contributed by atoms with Gasteiger partial charge in [-0.05, 0) is 36.3 Å². The topological polar surface area (TPSA) is 17.1 Å². The Morgan fingerprint density at radius 2 is 1.93 bits per heavy atom. The van der Waals surface area contributed by atoms with Crippen LogP contribution in [0.4, 0.5) is 0 Å². The SMILES string of the molecule is Cc1ccccc1C(CC=O)CC(C)C. The molecule has 1 aromatic carbocycles. The van der Waals surface area contributed by atoms with Crippen LogP contribution in [0.3, 0.4) is 0 Å². The van der Waals surface area contributed by atoms with Crippen LogP contribution in [0.1, 0.15) is 43.7 Å². The molecule has 0 amide bonds. The van der Waals surface area contributed by atoms with Crippen LogP contribution < -0.4 is 0 Å². The van der Waals surface area contributed by atoms with E-state index in [1.165, 1.54) is 11.1 Å². The van der Waals surface area contributed by atoms with Crippen molar-refractivity contribution in [3.8, 4) is 0 Å². The molecule has 1 heteroatoms. The highest BCUT2D eigenvalue weighted by atomic mass is 16.1. The Bertz CT molecular complexity index is 315. The summed E-state index contributed by atoms with van der Waals surface area (Å²) in [7, 11) is 0. The first-order valence-corrected chi connectivity index (χ1v) is 5.64. The van der Waals surface area contributed by atoms with Crippen molar-refractivity contribution in [1.29, 1.82) is 0 Å². The molecule has 0 aromatic heterocycles. The Hall–Kier alpha value is -1.11. The van der Waals surface area contributed by atoms with Crippen molar-refractivity contribution >= 4 is 6.29 Å². The molecule has 0 saturated carbocycles. The van der Waals surface area contributed by atoms with Gasteiger partial charge >= 0.3 is 0 Å². The lowest BCUT2D eigenvalue weighted by Gasteiger charge is -2.19. The lowest BCUT2D eigenvalue weighted by atomic mass is 9.86. The molecule has 0 spiro atoms. The van der Waals surface area contributed by atoms with E-state index in [-0.39, 0.29) is 0 Å². The number of benzene rings is 1. The molecule has 0 N–H and O–H groups in total. The number of carbonyl (C=O) groups excluding carboxylic acids is 1. The lowest BCUT2D eigenvalue weighted by Crippen LogP contribution is -2.05. The summed E-state index contributed by atoms with van der Waals surface area (Å²) in [6.45, 7) is 6.53. The van der Waals surface area contributed by atoms with E-state index in [4.69, 9.17) is 0 Å². The third-order valence-electron chi connectivity index (χ3n) is 2.76. The molecule has 1 aromatic rings. The smallest absolute Gasteiger partial charge is 0.120 e. The molecule has 0 aliphatic carbocycles. The average Bonchev–Trinajstić information content (AvgIpc) is 2.17. The molecular weight excluding hydrogens is 184 g/mol.